The molecule has 3 rings (SSSR count). The number of carbonyl (C=O) groups excluding carboxylic acids is 2. The molecular formula is C25H41Cl2N4O4S+. The summed E-state index contributed by atoms with van der Waals surface area (Å²) in [5.41, 5.74) is 7.93. The van der Waals surface area contributed by atoms with Crippen molar-refractivity contribution in [1.29, 1.82) is 0 Å². The van der Waals surface area contributed by atoms with E-state index >= 15 is 0 Å². The van der Waals surface area contributed by atoms with Crippen molar-refractivity contribution in [2.45, 2.75) is 39.7 Å². The fourth-order valence-electron chi connectivity index (χ4n) is 3.98. The van der Waals surface area contributed by atoms with Gasteiger partial charge in [-0.05, 0) is 29.8 Å². The summed E-state index contributed by atoms with van der Waals surface area (Å²) in [7, 11) is 1.88. The zero-order valence-electron chi connectivity index (χ0n) is 21.7. The molecule has 2 amide bonds. The third kappa shape index (κ3) is 10.6. The van der Waals surface area contributed by atoms with Gasteiger partial charge in [-0.3, -0.25) is 9.59 Å². The highest BCUT2D eigenvalue weighted by Gasteiger charge is 2.36. The van der Waals surface area contributed by atoms with Crippen molar-refractivity contribution in [3.63, 3.8) is 0 Å². The van der Waals surface area contributed by atoms with Gasteiger partial charge in [0.2, 0.25) is 6.41 Å². The molecule has 1 aromatic heterocycles. The predicted molar refractivity (Wildman–Crippen MR) is 152 cm³/mol. The molecule has 1 aliphatic rings. The van der Waals surface area contributed by atoms with Crippen molar-refractivity contribution in [1.82, 2.24) is 0 Å². The van der Waals surface area contributed by atoms with Crippen LogP contribution in [0.15, 0.2) is 24.3 Å². The van der Waals surface area contributed by atoms with E-state index in [1.807, 2.05) is 45.2 Å². The van der Waals surface area contributed by atoms with Gasteiger partial charge in [-0.2, -0.15) is 0 Å². The second-order valence-corrected chi connectivity index (χ2v) is 9.21. The summed E-state index contributed by atoms with van der Waals surface area (Å²) >= 11 is 11.7. The van der Waals surface area contributed by atoms with E-state index in [2.05, 4.69) is 22.2 Å². The Morgan fingerprint density at radius 2 is 1.69 bits per heavy atom. The number of primary amides is 1. The standard InChI is InChI=1S/C15H23N3O4S.C7H8ClN.C2H6.CH3Cl/c16-14(22)13-11-3-6-18(4-1-7-19,5-2-8-20)9-12(11)23-15(13)17-10-21;1-9-7-4-2-6(8)3-5-7;2*1-2/h10,19-20H,1-9H2,(H2-,16,17,21,22);2-5,9H,1H3;1-2H3;1H3/p+1. The van der Waals surface area contributed by atoms with Crippen LogP contribution in [0.5, 0.6) is 0 Å². The number of nitrogens with two attached hydrogens (primary N) is 1. The lowest BCUT2D eigenvalue weighted by Gasteiger charge is -2.41. The largest absolute Gasteiger partial charge is 0.396 e. The maximum atomic E-state index is 11.7. The van der Waals surface area contributed by atoms with Gasteiger partial charge in [0.05, 0.1) is 30.1 Å². The molecule has 204 valence electrons. The number of aliphatic hydroxyl groups is 2. The number of halogens is 2. The van der Waals surface area contributed by atoms with Gasteiger partial charge in [0, 0.05) is 56.6 Å². The summed E-state index contributed by atoms with van der Waals surface area (Å²) in [6, 6.07) is 7.57. The first-order chi connectivity index (χ1) is 17.4. The molecule has 2 aromatic rings. The third-order valence-corrected chi connectivity index (χ3v) is 6.96. The molecule has 0 spiro atoms. The van der Waals surface area contributed by atoms with Crippen LogP contribution in [0.2, 0.25) is 5.02 Å². The summed E-state index contributed by atoms with van der Waals surface area (Å²) < 4.78 is 0.785. The summed E-state index contributed by atoms with van der Waals surface area (Å²) in [5.74, 6) is -0.516. The Kier molecular flexibility index (Phi) is 18.3. The average Bonchev–Trinajstić information content (AvgIpc) is 3.27. The SMILES string of the molecule is CC.CCl.CNc1ccc(Cl)cc1.NC(=O)c1c(NC=O)sc2c1CC[N+](CCCO)(CCCO)C2. The van der Waals surface area contributed by atoms with Crippen LogP contribution in [0.4, 0.5) is 10.7 Å². The number of quaternary nitrogens is 1. The summed E-state index contributed by atoms with van der Waals surface area (Å²) in [5, 5.41) is 25.2. The quantitative estimate of drug-likeness (QED) is 0.167. The lowest BCUT2D eigenvalue weighted by atomic mass is 9.99. The number of aliphatic hydroxyl groups excluding tert-OH is 2. The van der Waals surface area contributed by atoms with Gasteiger partial charge >= 0.3 is 0 Å². The first kappa shape index (κ1) is 34.1. The van der Waals surface area contributed by atoms with Gasteiger partial charge in [-0.25, -0.2) is 0 Å². The number of hydrogen-bond acceptors (Lipinski definition) is 6. The lowest BCUT2D eigenvalue weighted by molar-refractivity contribution is -0.942. The Hall–Kier alpha value is -1.88. The Balaban J connectivity index is 0.000000783. The monoisotopic (exact) mass is 563 g/mol. The Morgan fingerprint density at radius 1 is 1.14 bits per heavy atom. The van der Waals surface area contributed by atoms with Crippen molar-refractivity contribution < 1.29 is 24.3 Å². The van der Waals surface area contributed by atoms with E-state index in [4.69, 9.17) is 27.5 Å². The number of thiophene rings is 1. The molecule has 6 N–H and O–H groups in total. The summed E-state index contributed by atoms with van der Waals surface area (Å²) in [4.78, 5) is 23.6. The number of alkyl halides is 1. The van der Waals surface area contributed by atoms with Crippen molar-refractivity contribution in [2.24, 2.45) is 5.73 Å². The number of amides is 2. The highest BCUT2D eigenvalue weighted by Crippen LogP contribution is 2.39. The molecule has 36 heavy (non-hydrogen) atoms. The highest BCUT2D eigenvalue weighted by molar-refractivity contribution is 7.16. The zero-order chi connectivity index (χ0) is 27.6. The molecule has 0 saturated heterocycles. The molecule has 0 unspecified atom stereocenters. The van der Waals surface area contributed by atoms with E-state index in [1.165, 1.54) is 17.7 Å². The molecule has 8 nitrogen and oxygen atoms in total. The van der Waals surface area contributed by atoms with E-state index in [0.717, 1.165) is 51.8 Å². The fraction of sp³-hybridized carbons (Fsp3) is 0.520. The van der Waals surface area contributed by atoms with E-state index in [1.54, 1.807) is 0 Å². The summed E-state index contributed by atoms with van der Waals surface area (Å²) in [6.45, 7) is 7.51. The van der Waals surface area contributed by atoms with Gasteiger partial charge in [-0.15, -0.1) is 22.9 Å². The number of benzene rings is 1. The lowest BCUT2D eigenvalue weighted by Crippen LogP contribution is -2.52. The van der Waals surface area contributed by atoms with Crippen LogP contribution >= 0.6 is 34.5 Å². The fourth-order valence-corrected chi connectivity index (χ4v) is 5.45. The molecular weight excluding hydrogens is 523 g/mol. The number of nitrogens with zero attached hydrogens (tertiary/aromatic N) is 1. The Labute approximate surface area is 229 Å². The minimum absolute atomic E-state index is 0.140. The molecule has 11 heteroatoms. The summed E-state index contributed by atoms with van der Waals surface area (Å²) in [6.07, 6.45) is 4.15. The molecule has 1 aliphatic heterocycles. The Morgan fingerprint density at radius 3 is 2.14 bits per heavy atom. The van der Waals surface area contributed by atoms with Crippen molar-refractivity contribution in [3.05, 3.63) is 45.3 Å². The minimum atomic E-state index is -0.516. The number of rotatable bonds is 10. The van der Waals surface area contributed by atoms with Crippen LogP contribution < -0.4 is 16.4 Å². The number of anilines is 2. The van der Waals surface area contributed by atoms with Crippen LogP contribution in [-0.4, -0.2) is 73.3 Å². The smallest absolute Gasteiger partial charge is 0.252 e. The van der Waals surface area contributed by atoms with Crippen molar-refractivity contribution >= 4 is 57.5 Å². The van der Waals surface area contributed by atoms with E-state index in [0.29, 0.717) is 36.2 Å². The number of fused-ring (bicyclic) bond motifs is 1. The first-order valence-corrected chi connectivity index (χ1v) is 13.9. The molecule has 0 fully saturated rings. The molecule has 0 atom stereocenters. The molecule has 0 bridgehead atoms. The van der Waals surface area contributed by atoms with E-state index < -0.39 is 5.91 Å². The van der Waals surface area contributed by atoms with Gasteiger partial charge in [-0.1, -0.05) is 25.4 Å². The van der Waals surface area contributed by atoms with Gasteiger partial charge in [0.1, 0.15) is 11.5 Å². The molecule has 0 radical (unpaired) electrons. The number of carbonyl (C=O) groups is 2. The van der Waals surface area contributed by atoms with Crippen LogP contribution in [-0.2, 0) is 17.8 Å². The van der Waals surface area contributed by atoms with Crippen molar-refractivity contribution in [3.8, 4) is 0 Å². The molecule has 0 saturated carbocycles. The van der Waals surface area contributed by atoms with E-state index in [9.17, 15) is 9.59 Å². The third-order valence-electron chi connectivity index (χ3n) is 5.56. The van der Waals surface area contributed by atoms with Crippen LogP contribution in [0.3, 0.4) is 0 Å². The zero-order valence-corrected chi connectivity index (χ0v) is 24.0. The second kappa shape index (κ2) is 19.3. The molecule has 2 heterocycles. The topological polar surface area (TPSA) is 125 Å². The van der Waals surface area contributed by atoms with Gasteiger partial charge in [0.25, 0.3) is 5.91 Å². The highest BCUT2D eigenvalue weighted by atomic mass is 35.5. The number of hydrogen-bond donors (Lipinski definition) is 5. The first-order valence-electron chi connectivity index (χ1n) is 11.9. The maximum absolute atomic E-state index is 11.7. The van der Waals surface area contributed by atoms with Crippen LogP contribution in [0.25, 0.3) is 0 Å². The van der Waals surface area contributed by atoms with Crippen LogP contribution in [0.1, 0.15) is 47.5 Å². The van der Waals surface area contributed by atoms with Gasteiger partial charge in [0.15, 0.2) is 0 Å². The molecule has 1 aromatic carbocycles. The average molecular weight is 565 g/mol. The van der Waals surface area contributed by atoms with Gasteiger partial charge < -0.3 is 31.1 Å². The normalized spacial score (nSPS) is 12.8. The minimum Gasteiger partial charge on any atom is -0.396 e. The molecule has 0 aliphatic carbocycles. The maximum Gasteiger partial charge on any atom is 0.252 e. The Bertz CT molecular complexity index is 887. The van der Waals surface area contributed by atoms with Crippen LogP contribution in [0, 0.1) is 0 Å². The number of nitrogens with one attached hydrogen (secondary N) is 2. The van der Waals surface area contributed by atoms with E-state index in [-0.39, 0.29) is 13.2 Å². The van der Waals surface area contributed by atoms with Crippen molar-refractivity contribution in [2.75, 3.05) is 56.9 Å². The second-order valence-electron chi connectivity index (χ2n) is 7.67. The predicted octanol–water partition coefficient (Wildman–Crippen LogP) is 4.32.